The summed E-state index contributed by atoms with van der Waals surface area (Å²) in [5, 5.41) is 11.8. The molecule has 0 fully saturated rings. The summed E-state index contributed by atoms with van der Waals surface area (Å²) in [6, 6.07) is 7.53. The Balaban J connectivity index is 2.27. The molecular weight excluding hydrogens is 180 g/mol. The van der Waals surface area contributed by atoms with E-state index in [0.717, 1.165) is 11.4 Å². The molecule has 0 radical (unpaired) electrons. The molecule has 1 aliphatic heterocycles. The van der Waals surface area contributed by atoms with E-state index in [0.29, 0.717) is 18.0 Å². The van der Waals surface area contributed by atoms with Crippen molar-refractivity contribution < 1.29 is 9.84 Å². The van der Waals surface area contributed by atoms with Crippen molar-refractivity contribution in [1.29, 1.82) is 0 Å². The number of benzene rings is 1. The predicted octanol–water partition coefficient (Wildman–Crippen LogP) is 1.00. The number of hydrogen-bond acceptors (Lipinski definition) is 4. The number of anilines is 1. The summed E-state index contributed by atoms with van der Waals surface area (Å²) in [6.07, 6.45) is 0.424. The fourth-order valence-electron chi connectivity index (χ4n) is 1.35. The number of nitrogens with two attached hydrogens (primary N) is 1. The minimum Gasteiger partial charge on any atom is -0.456 e. The van der Waals surface area contributed by atoms with Crippen LogP contribution in [0.25, 0.3) is 0 Å². The van der Waals surface area contributed by atoms with Crippen LogP contribution in [0.4, 0.5) is 5.69 Å². The summed E-state index contributed by atoms with van der Waals surface area (Å²) >= 11 is 0. The number of aliphatic hydroxyl groups is 1. The van der Waals surface area contributed by atoms with Gasteiger partial charge in [0.25, 0.3) is 0 Å². The average Bonchev–Trinajstić information content (AvgIpc) is 2.19. The number of para-hydroxylation sites is 2. The highest BCUT2D eigenvalue weighted by atomic mass is 16.5. The molecule has 0 aromatic heterocycles. The van der Waals surface area contributed by atoms with Gasteiger partial charge in [-0.25, -0.2) is 0 Å². The maximum Gasteiger partial charge on any atom is 0.150 e. The maximum absolute atomic E-state index is 8.79. The largest absolute Gasteiger partial charge is 0.456 e. The van der Waals surface area contributed by atoms with Crippen molar-refractivity contribution in [2.24, 2.45) is 5.73 Å². The number of fused-ring (bicyclic) bond motifs is 1. The van der Waals surface area contributed by atoms with E-state index in [9.17, 15) is 0 Å². The second kappa shape index (κ2) is 3.59. The van der Waals surface area contributed by atoms with Gasteiger partial charge >= 0.3 is 0 Å². The molecule has 0 atom stereocenters. The van der Waals surface area contributed by atoms with E-state index in [1.807, 2.05) is 24.3 Å². The van der Waals surface area contributed by atoms with Gasteiger partial charge < -0.3 is 20.9 Å². The lowest BCUT2D eigenvalue weighted by atomic mass is 10.2. The van der Waals surface area contributed by atoms with Gasteiger partial charge in [-0.15, -0.1) is 0 Å². The van der Waals surface area contributed by atoms with E-state index < -0.39 is 0 Å². The lowest BCUT2D eigenvalue weighted by molar-refractivity contribution is 0.270. The zero-order valence-electron chi connectivity index (χ0n) is 7.66. The van der Waals surface area contributed by atoms with Crippen LogP contribution < -0.4 is 15.8 Å². The molecular formula is C10H12N2O2. The zero-order valence-corrected chi connectivity index (χ0v) is 7.66. The molecule has 0 bridgehead atoms. The van der Waals surface area contributed by atoms with Gasteiger partial charge in [0.05, 0.1) is 12.3 Å². The molecule has 0 spiro atoms. The van der Waals surface area contributed by atoms with Crippen LogP contribution >= 0.6 is 0 Å². The van der Waals surface area contributed by atoms with E-state index in [1.165, 1.54) is 0 Å². The molecule has 0 amide bonds. The molecule has 0 saturated carbocycles. The number of rotatable bonds is 2. The monoisotopic (exact) mass is 192 g/mol. The number of hydrogen-bond donors (Lipinski definition) is 3. The molecule has 0 unspecified atom stereocenters. The van der Waals surface area contributed by atoms with Crippen LogP contribution in [-0.2, 0) is 0 Å². The van der Waals surface area contributed by atoms with Crippen LogP contribution in [0.1, 0.15) is 6.42 Å². The van der Waals surface area contributed by atoms with Gasteiger partial charge in [0, 0.05) is 6.42 Å². The van der Waals surface area contributed by atoms with Crippen molar-refractivity contribution in [2.45, 2.75) is 6.42 Å². The van der Waals surface area contributed by atoms with E-state index in [2.05, 4.69) is 5.32 Å². The highest BCUT2D eigenvalue weighted by Crippen LogP contribution is 2.31. The first kappa shape index (κ1) is 8.90. The summed E-state index contributed by atoms with van der Waals surface area (Å²) < 4.78 is 5.52. The third-order valence-corrected chi connectivity index (χ3v) is 2.03. The van der Waals surface area contributed by atoms with E-state index >= 15 is 0 Å². The van der Waals surface area contributed by atoms with E-state index in [-0.39, 0.29) is 6.61 Å². The van der Waals surface area contributed by atoms with Crippen molar-refractivity contribution >= 4 is 5.69 Å². The van der Waals surface area contributed by atoms with Crippen molar-refractivity contribution in [1.82, 2.24) is 0 Å². The molecule has 1 aromatic carbocycles. The van der Waals surface area contributed by atoms with Gasteiger partial charge in [-0.2, -0.15) is 0 Å². The highest BCUT2D eigenvalue weighted by molar-refractivity contribution is 5.62. The third kappa shape index (κ3) is 1.52. The molecule has 4 heteroatoms. The van der Waals surface area contributed by atoms with Gasteiger partial charge in [0.1, 0.15) is 11.6 Å². The highest BCUT2D eigenvalue weighted by Gasteiger charge is 2.15. The minimum atomic E-state index is 0.0277. The van der Waals surface area contributed by atoms with E-state index in [1.54, 1.807) is 0 Å². The quantitative estimate of drug-likeness (QED) is 0.654. The molecule has 14 heavy (non-hydrogen) atoms. The number of aliphatic hydroxyl groups excluding tert-OH is 1. The Morgan fingerprint density at radius 1 is 1.36 bits per heavy atom. The molecule has 74 valence electrons. The first-order chi connectivity index (χ1) is 6.81. The molecule has 1 aliphatic rings. The zero-order chi connectivity index (χ0) is 9.97. The fourth-order valence-corrected chi connectivity index (χ4v) is 1.35. The first-order valence-corrected chi connectivity index (χ1v) is 4.44. The molecule has 0 saturated heterocycles. The molecule has 4 nitrogen and oxygen atoms in total. The average molecular weight is 192 g/mol. The Hall–Kier alpha value is -1.68. The Kier molecular flexibility index (Phi) is 2.28. The Morgan fingerprint density at radius 3 is 2.93 bits per heavy atom. The predicted molar refractivity (Wildman–Crippen MR) is 53.6 cm³/mol. The second-order valence-corrected chi connectivity index (χ2v) is 3.03. The topological polar surface area (TPSA) is 67.5 Å². The van der Waals surface area contributed by atoms with Gasteiger partial charge in [-0.3, -0.25) is 0 Å². The summed E-state index contributed by atoms with van der Waals surface area (Å²) in [5.74, 6) is 1.80. The lowest BCUT2D eigenvalue weighted by Gasteiger charge is -2.22. The Labute approximate surface area is 82.0 Å². The van der Waals surface area contributed by atoms with Crippen LogP contribution in [0.2, 0.25) is 0 Å². The Bertz CT molecular complexity index is 374. The van der Waals surface area contributed by atoms with Gasteiger partial charge in [-0.1, -0.05) is 12.1 Å². The Morgan fingerprint density at radius 2 is 2.14 bits per heavy atom. The van der Waals surface area contributed by atoms with Gasteiger partial charge in [0.2, 0.25) is 0 Å². The summed E-state index contributed by atoms with van der Waals surface area (Å²) in [4.78, 5) is 0. The summed E-state index contributed by atoms with van der Waals surface area (Å²) in [6.45, 7) is 0.0277. The van der Waals surface area contributed by atoms with Crippen LogP contribution in [0.15, 0.2) is 35.8 Å². The van der Waals surface area contributed by atoms with Gasteiger partial charge in [0.15, 0.2) is 5.75 Å². The summed E-state index contributed by atoms with van der Waals surface area (Å²) in [7, 11) is 0. The van der Waals surface area contributed by atoms with Crippen molar-refractivity contribution in [3.8, 4) is 5.75 Å². The number of ether oxygens (including phenoxy) is 1. The fraction of sp³-hybridized carbons (Fsp3) is 0.200. The SMILES string of the molecule is NC1=C(CCO)Oc2ccccc2N1. The second-order valence-electron chi connectivity index (χ2n) is 3.03. The van der Waals surface area contributed by atoms with Crippen LogP contribution in [0.5, 0.6) is 5.75 Å². The van der Waals surface area contributed by atoms with Crippen molar-refractivity contribution in [2.75, 3.05) is 11.9 Å². The number of nitrogens with one attached hydrogen (secondary N) is 1. The molecule has 0 aliphatic carbocycles. The van der Waals surface area contributed by atoms with Crippen molar-refractivity contribution in [3.63, 3.8) is 0 Å². The van der Waals surface area contributed by atoms with E-state index in [4.69, 9.17) is 15.6 Å². The van der Waals surface area contributed by atoms with Gasteiger partial charge in [-0.05, 0) is 12.1 Å². The molecule has 1 heterocycles. The van der Waals surface area contributed by atoms with Crippen LogP contribution in [0, 0.1) is 0 Å². The lowest BCUT2D eigenvalue weighted by Crippen LogP contribution is -2.20. The molecule has 2 rings (SSSR count). The van der Waals surface area contributed by atoms with Crippen LogP contribution in [0.3, 0.4) is 0 Å². The standard InChI is InChI=1S/C10H12N2O2/c11-10-9(5-6-13)14-8-4-2-1-3-7(8)12-10/h1-4,12-13H,5-6,11H2. The molecule has 4 N–H and O–H groups in total. The summed E-state index contributed by atoms with van der Waals surface area (Å²) in [5.41, 5.74) is 6.57. The third-order valence-electron chi connectivity index (χ3n) is 2.03. The van der Waals surface area contributed by atoms with Crippen LogP contribution in [-0.4, -0.2) is 11.7 Å². The van der Waals surface area contributed by atoms with Crippen molar-refractivity contribution in [3.05, 3.63) is 35.8 Å². The minimum absolute atomic E-state index is 0.0277. The normalized spacial score (nSPS) is 14.4. The first-order valence-electron chi connectivity index (χ1n) is 4.44. The maximum atomic E-state index is 8.79. The molecule has 1 aromatic rings. The smallest absolute Gasteiger partial charge is 0.150 e.